The van der Waals surface area contributed by atoms with Crippen molar-refractivity contribution in [3.8, 4) is 11.4 Å². The van der Waals surface area contributed by atoms with E-state index in [9.17, 15) is 4.79 Å². The van der Waals surface area contributed by atoms with Gasteiger partial charge in [-0.3, -0.25) is 4.79 Å². The Bertz CT molecular complexity index is 859. The maximum atomic E-state index is 12.1. The smallest absolute Gasteiger partial charge is 0.230 e. The number of thioether (sulfide) groups is 1. The first-order chi connectivity index (χ1) is 12.7. The van der Waals surface area contributed by atoms with Crippen LogP contribution in [0.2, 0.25) is 0 Å². The van der Waals surface area contributed by atoms with E-state index in [2.05, 4.69) is 22.4 Å². The van der Waals surface area contributed by atoms with E-state index in [1.807, 2.05) is 66.1 Å². The number of hydrogen-bond acceptors (Lipinski definition) is 4. The van der Waals surface area contributed by atoms with E-state index in [4.69, 9.17) is 0 Å². The van der Waals surface area contributed by atoms with Gasteiger partial charge in [-0.25, -0.2) is 0 Å². The lowest BCUT2D eigenvalue weighted by Crippen LogP contribution is -2.24. The zero-order chi connectivity index (χ0) is 18.4. The van der Waals surface area contributed by atoms with Gasteiger partial charge in [0.05, 0.1) is 5.75 Å². The standard InChI is InChI=1S/C20H22N4OS/c1-3-24-19(17-7-5-4-6-8-17)22-23-20(24)26-14-18(25)21-13-16-11-9-15(2)10-12-16/h4-12H,3,13-14H2,1-2H3,(H,21,25). The Kier molecular flexibility index (Phi) is 6.07. The van der Waals surface area contributed by atoms with Gasteiger partial charge in [0.25, 0.3) is 0 Å². The third-order valence-electron chi connectivity index (χ3n) is 4.01. The van der Waals surface area contributed by atoms with Gasteiger partial charge < -0.3 is 9.88 Å². The number of nitrogens with zero attached hydrogens (tertiary/aromatic N) is 3. The summed E-state index contributed by atoms with van der Waals surface area (Å²) in [6.07, 6.45) is 0. The summed E-state index contributed by atoms with van der Waals surface area (Å²) in [5, 5.41) is 12.3. The summed E-state index contributed by atoms with van der Waals surface area (Å²) in [7, 11) is 0. The van der Waals surface area contributed by atoms with Crippen molar-refractivity contribution in [3.05, 3.63) is 65.7 Å². The molecule has 0 aliphatic heterocycles. The molecule has 2 aromatic carbocycles. The normalized spacial score (nSPS) is 10.7. The van der Waals surface area contributed by atoms with Crippen molar-refractivity contribution >= 4 is 17.7 Å². The van der Waals surface area contributed by atoms with Gasteiger partial charge in [0.2, 0.25) is 5.91 Å². The lowest BCUT2D eigenvalue weighted by Gasteiger charge is -2.08. The van der Waals surface area contributed by atoms with E-state index in [1.165, 1.54) is 17.3 Å². The van der Waals surface area contributed by atoms with Crippen LogP contribution in [0.5, 0.6) is 0 Å². The predicted octanol–water partition coefficient (Wildman–Crippen LogP) is 3.68. The van der Waals surface area contributed by atoms with E-state index in [0.717, 1.165) is 28.7 Å². The highest BCUT2D eigenvalue weighted by atomic mass is 32.2. The van der Waals surface area contributed by atoms with Crippen molar-refractivity contribution in [2.45, 2.75) is 32.1 Å². The number of carbonyl (C=O) groups is 1. The Labute approximate surface area is 157 Å². The summed E-state index contributed by atoms with van der Waals surface area (Å²) >= 11 is 1.41. The highest BCUT2D eigenvalue weighted by molar-refractivity contribution is 7.99. The number of aryl methyl sites for hydroxylation is 1. The molecule has 134 valence electrons. The first-order valence-electron chi connectivity index (χ1n) is 8.61. The summed E-state index contributed by atoms with van der Waals surface area (Å²) < 4.78 is 2.03. The van der Waals surface area contributed by atoms with Crippen LogP contribution in [0, 0.1) is 6.92 Å². The third-order valence-corrected chi connectivity index (χ3v) is 4.97. The van der Waals surface area contributed by atoms with Gasteiger partial charge in [-0.2, -0.15) is 0 Å². The minimum Gasteiger partial charge on any atom is -0.351 e. The second-order valence-corrected chi connectivity index (χ2v) is 6.91. The molecule has 3 rings (SSSR count). The first kappa shape index (κ1) is 18.2. The largest absolute Gasteiger partial charge is 0.351 e. The van der Waals surface area contributed by atoms with E-state index in [1.54, 1.807) is 0 Å². The second kappa shape index (κ2) is 8.67. The molecule has 3 aromatic rings. The van der Waals surface area contributed by atoms with Crippen molar-refractivity contribution in [2.75, 3.05) is 5.75 Å². The molecule has 1 amide bonds. The highest BCUT2D eigenvalue weighted by Crippen LogP contribution is 2.23. The number of hydrogen-bond donors (Lipinski definition) is 1. The molecule has 0 radical (unpaired) electrons. The van der Waals surface area contributed by atoms with E-state index in [0.29, 0.717) is 12.3 Å². The molecule has 1 aromatic heterocycles. The van der Waals surface area contributed by atoms with Crippen molar-refractivity contribution in [1.29, 1.82) is 0 Å². The molecular weight excluding hydrogens is 344 g/mol. The molecule has 0 bridgehead atoms. The van der Waals surface area contributed by atoms with Crippen LogP contribution in [0.4, 0.5) is 0 Å². The molecule has 0 fully saturated rings. The molecule has 1 N–H and O–H groups in total. The van der Waals surface area contributed by atoms with Crippen molar-refractivity contribution in [3.63, 3.8) is 0 Å². The summed E-state index contributed by atoms with van der Waals surface area (Å²) in [5.41, 5.74) is 3.33. The summed E-state index contributed by atoms with van der Waals surface area (Å²) in [5.74, 6) is 1.14. The minimum atomic E-state index is -0.0116. The first-order valence-corrected chi connectivity index (χ1v) is 9.59. The fourth-order valence-electron chi connectivity index (χ4n) is 2.57. The molecular formula is C20H22N4OS. The van der Waals surface area contributed by atoms with Crippen LogP contribution < -0.4 is 5.32 Å². The lowest BCUT2D eigenvalue weighted by atomic mass is 10.1. The van der Waals surface area contributed by atoms with Crippen molar-refractivity contribution in [1.82, 2.24) is 20.1 Å². The number of nitrogens with one attached hydrogen (secondary N) is 1. The van der Waals surface area contributed by atoms with Gasteiger partial charge in [-0.05, 0) is 19.4 Å². The van der Waals surface area contributed by atoms with E-state index >= 15 is 0 Å². The number of amides is 1. The van der Waals surface area contributed by atoms with Gasteiger partial charge in [0, 0.05) is 18.7 Å². The molecule has 6 heteroatoms. The van der Waals surface area contributed by atoms with E-state index in [-0.39, 0.29) is 5.91 Å². The molecule has 0 atom stereocenters. The number of rotatable bonds is 7. The molecule has 0 spiro atoms. The number of aromatic nitrogens is 3. The summed E-state index contributed by atoms with van der Waals surface area (Å²) in [4.78, 5) is 12.1. The monoisotopic (exact) mass is 366 g/mol. The number of carbonyl (C=O) groups excluding carboxylic acids is 1. The molecule has 0 aliphatic rings. The number of benzene rings is 2. The van der Waals surface area contributed by atoms with Crippen molar-refractivity contribution < 1.29 is 4.79 Å². The highest BCUT2D eigenvalue weighted by Gasteiger charge is 2.14. The predicted molar refractivity (Wildman–Crippen MR) is 105 cm³/mol. The zero-order valence-electron chi connectivity index (χ0n) is 15.0. The zero-order valence-corrected chi connectivity index (χ0v) is 15.8. The van der Waals surface area contributed by atoms with Crippen LogP contribution in [-0.2, 0) is 17.9 Å². The molecule has 0 aliphatic carbocycles. The third kappa shape index (κ3) is 4.52. The lowest BCUT2D eigenvalue weighted by molar-refractivity contribution is -0.118. The Morgan fingerprint density at radius 1 is 1.08 bits per heavy atom. The molecule has 0 saturated heterocycles. The van der Waals surface area contributed by atoms with Gasteiger partial charge in [-0.1, -0.05) is 71.9 Å². The van der Waals surface area contributed by atoms with Gasteiger partial charge in [0.1, 0.15) is 0 Å². The van der Waals surface area contributed by atoms with Gasteiger partial charge in [0.15, 0.2) is 11.0 Å². The second-order valence-electron chi connectivity index (χ2n) is 5.97. The fourth-order valence-corrected chi connectivity index (χ4v) is 3.40. The maximum absolute atomic E-state index is 12.1. The van der Waals surface area contributed by atoms with Crippen molar-refractivity contribution in [2.24, 2.45) is 0 Å². The molecule has 0 unspecified atom stereocenters. The SMILES string of the molecule is CCn1c(SCC(=O)NCc2ccc(C)cc2)nnc1-c1ccccc1. The summed E-state index contributed by atoms with van der Waals surface area (Å²) in [6.45, 7) is 5.39. The molecule has 0 saturated carbocycles. The average molecular weight is 366 g/mol. The molecule has 5 nitrogen and oxygen atoms in total. The van der Waals surface area contributed by atoms with Crippen LogP contribution in [0.25, 0.3) is 11.4 Å². The minimum absolute atomic E-state index is 0.0116. The quantitative estimate of drug-likeness (QED) is 0.648. The molecule has 1 heterocycles. The Morgan fingerprint density at radius 3 is 2.50 bits per heavy atom. The topological polar surface area (TPSA) is 59.8 Å². The fraction of sp³-hybridized carbons (Fsp3) is 0.250. The molecule has 26 heavy (non-hydrogen) atoms. The van der Waals surface area contributed by atoms with Gasteiger partial charge >= 0.3 is 0 Å². The Balaban J connectivity index is 1.58. The van der Waals surface area contributed by atoms with Gasteiger partial charge in [-0.15, -0.1) is 10.2 Å². The Hall–Kier alpha value is -2.60. The Morgan fingerprint density at radius 2 is 1.81 bits per heavy atom. The van der Waals surface area contributed by atoms with Crippen LogP contribution in [-0.4, -0.2) is 26.4 Å². The summed E-state index contributed by atoms with van der Waals surface area (Å²) in [6, 6.07) is 18.1. The average Bonchev–Trinajstić information content (AvgIpc) is 3.09. The van der Waals surface area contributed by atoms with Crippen LogP contribution in [0.3, 0.4) is 0 Å². The van der Waals surface area contributed by atoms with Crippen LogP contribution in [0.1, 0.15) is 18.1 Å². The van der Waals surface area contributed by atoms with Crippen LogP contribution >= 0.6 is 11.8 Å². The van der Waals surface area contributed by atoms with E-state index < -0.39 is 0 Å². The van der Waals surface area contributed by atoms with Crippen LogP contribution in [0.15, 0.2) is 59.8 Å². The maximum Gasteiger partial charge on any atom is 0.230 e.